The fourth-order valence-electron chi connectivity index (χ4n) is 3.03. The number of hydrogen-bond donors (Lipinski definition) is 0. The van der Waals surface area contributed by atoms with Gasteiger partial charge in [0.25, 0.3) is 0 Å². The molecular weight excluding hydrogens is 304 g/mol. The van der Waals surface area contributed by atoms with E-state index in [1.165, 1.54) is 0 Å². The maximum absolute atomic E-state index is 12.6. The van der Waals surface area contributed by atoms with Crippen LogP contribution in [0, 0.1) is 0 Å². The topological polar surface area (TPSA) is 67.2 Å². The minimum atomic E-state index is 0.122. The molecule has 3 heterocycles. The van der Waals surface area contributed by atoms with Crippen molar-refractivity contribution in [2.75, 3.05) is 31.1 Å². The predicted molar refractivity (Wildman–Crippen MR) is 90.6 cm³/mol. The van der Waals surface area contributed by atoms with E-state index in [9.17, 15) is 4.79 Å². The number of amides is 1. The van der Waals surface area contributed by atoms with E-state index < -0.39 is 0 Å². The van der Waals surface area contributed by atoms with Crippen molar-refractivity contribution in [3.05, 3.63) is 48.9 Å². The zero-order valence-corrected chi connectivity index (χ0v) is 13.2. The number of benzene rings is 1. The zero-order valence-electron chi connectivity index (χ0n) is 13.2. The number of carbonyl (C=O) groups is 1. The van der Waals surface area contributed by atoms with Crippen LogP contribution in [0.3, 0.4) is 0 Å². The summed E-state index contributed by atoms with van der Waals surface area (Å²) in [5.41, 5.74) is 1.90. The third kappa shape index (κ3) is 2.80. The molecule has 0 bridgehead atoms. The largest absolute Gasteiger partial charge is 0.352 e. The number of piperazine rings is 1. The smallest absolute Gasteiger partial charge is 0.242 e. The Morgan fingerprint density at radius 2 is 1.88 bits per heavy atom. The molecule has 0 spiro atoms. The standard InChI is InChI=1S/C17H18N6O/c24-17(12-23-13-18-14-4-1-2-5-15(14)23)22-10-8-21(9-11-22)16-6-3-7-19-20-16/h1-7,13H,8-12H2. The van der Waals surface area contributed by atoms with E-state index in [0.717, 1.165) is 29.9 Å². The molecule has 4 rings (SSSR count). The Bertz CT molecular complexity index is 838. The fraction of sp³-hybridized carbons (Fsp3) is 0.294. The van der Waals surface area contributed by atoms with Gasteiger partial charge in [-0.3, -0.25) is 4.79 Å². The Balaban J connectivity index is 1.40. The van der Waals surface area contributed by atoms with Crippen LogP contribution in [0.5, 0.6) is 0 Å². The van der Waals surface area contributed by atoms with Gasteiger partial charge in [-0.05, 0) is 24.3 Å². The Hall–Kier alpha value is -2.96. The summed E-state index contributed by atoms with van der Waals surface area (Å²) in [5, 5.41) is 8.04. The van der Waals surface area contributed by atoms with Crippen LogP contribution in [0.4, 0.5) is 5.82 Å². The fourth-order valence-corrected chi connectivity index (χ4v) is 3.03. The van der Waals surface area contributed by atoms with Gasteiger partial charge in [-0.15, -0.1) is 5.10 Å². The molecule has 1 aliphatic heterocycles. The molecule has 0 unspecified atom stereocenters. The lowest BCUT2D eigenvalue weighted by Gasteiger charge is -2.35. The van der Waals surface area contributed by atoms with Gasteiger partial charge in [0.15, 0.2) is 5.82 Å². The molecule has 1 saturated heterocycles. The van der Waals surface area contributed by atoms with E-state index in [0.29, 0.717) is 19.6 Å². The summed E-state index contributed by atoms with van der Waals surface area (Å²) < 4.78 is 1.91. The van der Waals surface area contributed by atoms with E-state index in [4.69, 9.17) is 0 Å². The normalized spacial score (nSPS) is 15.0. The van der Waals surface area contributed by atoms with Crippen LogP contribution < -0.4 is 4.90 Å². The average Bonchev–Trinajstić information content (AvgIpc) is 3.06. The molecule has 1 aliphatic rings. The second-order valence-corrected chi connectivity index (χ2v) is 5.81. The van der Waals surface area contributed by atoms with Crippen LogP contribution >= 0.6 is 0 Å². The maximum Gasteiger partial charge on any atom is 0.242 e. The van der Waals surface area contributed by atoms with Gasteiger partial charge in [0, 0.05) is 32.4 Å². The Kier molecular flexibility index (Phi) is 3.82. The van der Waals surface area contributed by atoms with E-state index in [2.05, 4.69) is 20.1 Å². The number of imidazole rings is 1. The first-order chi connectivity index (χ1) is 11.8. The van der Waals surface area contributed by atoms with E-state index in [1.54, 1.807) is 12.5 Å². The van der Waals surface area contributed by atoms with Crippen molar-refractivity contribution in [3.63, 3.8) is 0 Å². The molecule has 2 aromatic heterocycles. The third-order valence-corrected chi connectivity index (χ3v) is 4.35. The number of carbonyl (C=O) groups excluding carboxylic acids is 1. The highest BCUT2D eigenvalue weighted by atomic mass is 16.2. The molecule has 0 aliphatic carbocycles. The number of rotatable bonds is 3. The summed E-state index contributed by atoms with van der Waals surface area (Å²) in [5.74, 6) is 0.988. The van der Waals surface area contributed by atoms with Crippen LogP contribution in [0.2, 0.25) is 0 Å². The van der Waals surface area contributed by atoms with Crippen molar-refractivity contribution in [2.24, 2.45) is 0 Å². The summed E-state index contributed by atoms with van der Waals surface area (Å²) in [6.07, 6.45) is 3.40. The molecule has 0 N–H and O–H groups in total. The molecular formula is C17H18N6O. The SMILES string of the molecule is O=C(Cn1cnc2ccccc21)N1CCN(c2cccnn2)CC1. The number of hydrogen-bond acceptors (Lipinski definition) is 5. The lowest BCUT2D eigenvalue weighted by molar-refractivity contribution is -0.132. The quantitative estimate of drug-likeness (QED) is 0.724. The lowest BCUT2D eigenvalue weighted by Crippen LogP contribution is -2.49. The van der Waals surface area contributed by atoms with E-state index >= 15 is 0 Å². The van der Waals surface area contributed by atoms with Crippen molar-refractivity contribution in [1.29, 1.82) is 0 Å². The molecule has 1 aromatic carbocycles. The van der Waals surface area contributed by atoms with Gasteiger partial charge in [-0.2, -0.15) is 5.10 Å². The van der Waals surface area contributed by atoms with Crippen molar-refractivity contribution >= 4 is 22.8 Å². The van der Waals surface area contributed by atoms with Crippen LogP contribution in [0.1, 0.15) is 0 Å². The minimum absolute atomic E-state index is 0.122. The zero-order chi connectivity index (χ0) is 16.4. The van der Waals surface area contributed by atoms with Crippen molar-refractivity contribution < 1.29 is 4.79 Å². The molecule has 24 heavy (non-hydrogen) atoms. The highest BCUT2D eigenvalue weighted by Crippen LogP contribution is 2.14. The van der Waals surface area contributed by atoms with Gasteiger partial charge in [0.1, 0.15) is 6.54 Å². The number of nitrogens with zero attached hydrogens (tertiary/aromatic N) is 6. The third-order valence-electron chi connectivity index (χ3n) is 4.35. The predicted octanol–water partition coefficient (Wildman–Crippen LogP) is 1.18. The van der Waals surface area contributed by atoms with Gasteiger partial charge in [0.05, 0.1) is 17.4 Å². The van der Waals surface area contributed by atoms with Gasteiger partial charge in [0.2, 0.25) is 5.91 Å². The summed E-state index contributed by atoms with van der Waals surface area (Å²) in [7, 11) is 0. The first kappa shape index (κ1) is 14.6. The highest BCUT2D eigenvalue weighted by molar-refractivity contribution is 5.80. The average molecular weight is 322 g/mol. The molecule has 122 valence electrons. The maximum atomic E-state index is 12.6. The molecule has 3 aromatic rings. The number of para-hydroxylation sites is 2. The van der Waals surface area contributed by atoms with Gasteiger partial charge in [-0.25, -0.2) is 4.98 Å². The second kappa shape index (κ2) is 6.27. The Morgan fingerprint density at radius 1 is 1.04 bits per heavy atom. The lowest BCUT2D eigenvalue weighted by atomic mass is 10.3. The molecule has 0 saturated carbocycles. The Labute approximate surface area is 139 Å². The highest BCUT2D eigenvalue weighted by Gasteiger charge is 2.22. The Morgan fingerprint density at radius 3 is 2.67 bits per heavy atom. The summed E-state index contributed by atoms with van der Waals surface area (Å²) >= 11 is 0. The molecule has 1 amide bonds. The van der Waals surface area contributed by atoms with Crippen molar-refractivity contribution in [1.82, 2.24) is 24.6 Å². The molecule has 7 heteroatoms. The first-order valence-electron chi connectivity index (χ1n) is 8.01. The summed E-state index contributed by atoms with van der Waals surface area (Å²) in [4.78, 5) is 21.0. The second-order valence-electron chi connectivity index (χ2n) is 5.81. The molecule has 0 radical (unpaired) electrons. The van der Waals surface area contributed by atoms with Gasteiger partial charge in [-0.1, -0.05) is 12.1 Å². The van der Waals surface area contributed by atoms with Crippen LogP contribution in [0.15, 0.2) is 48.9 Å². The van der Waals surface area contributed by atoms with E-state index in [-0.39, 0.29) is 5.91 Å². The monoisotopic (exact) mass is 322 g/mol. The molecule has 1 fully saturated rings. The summed E-state index contributed by atoms with van der Waals surface area (Å²) in [6.45, 7) is 3.26. The number of fused-ring (bicyclic) bond motifs is 1. The summed E-state index contributed by atoms with van der Waals surface area (Å²) in [6, 6.07) is 11.7. The van der Waals surface area contributed by atoms with Crippen LogP contribution in [-0.2, 0) is 11.3 Å². The van der Waals surface area contributed by atoms with Crippen molar-refractivity contribution in [3.8, 4) is 0 Å². The van der Waals surface area contributed by atoms with Crippen LogP contribution in [0.25, 0.3) is 11.0 Å². The molecule has 0 atom stereocenters. The van der Waals surface area contributed by atoms with Crippen molar-refractivity contribution in [2.45, 2.75) is 6.54 Å². The minimum Gasteiger partial charge on any atom is -0.352 e. The van der Waals surface area contributed by atoms with Gasteiger partial charge >= 0.3 is 0 Å². The molecule has 7 nitrogen and oxygen atoms in total. The van der Waals surface area contributed by atoms with Gasteiger partial charge < -0.3 is 14.4 Å². The number of aromatic nitrogens is 4. The van der Waals surface area contributed by atoms with Crippen LogP contribution in [-0.4, -0.2) is 56.7 Å². The van der Waals surface area contributed by atoms with E-state index in [1.807, 2.05) is 45.9 Å². The first-order valence-corrected chi connectivity index (χ1v) is 8.01. The number of anilines is 1.